The van der Waals surface area contributed by atoms with E-state index >= 15 is 0 Å². The molecule has 4 nitrogen and oxygen atoms in total. The van der Waals surface area contributed by atoms with Gasteiger partial charge >= 0.3 is 0 Å². The van der Waals surface area contributed by atoms with E-state index in [4.69, 9.17) is 9.47 Å². The van der Waals surface area contributed by atoms with Crippen LogP contribution in [0.3, 0.4) is 0 Å². The highest BCUT2D eigenvalue weighted by atomic mass is 32.2. The molecule has 110 valence electrons. The fraction of sp³-hybridized carbons (Fsp3) is 0.438. The van der Waals surface area contributed by atoms with Crippen molar-refractivity contribution in [1.82, 2.24) is 4.98 Å². The SMILES string of the molecule is c1cc2cc3c(cc2c(NCC2CCSCC2)n1)OCO3. The predicted molar refractivity (Wildman–Crippen MR) is 86.4 cm³/mol. The van der Waals surface area contributed by atoms with E-state index in [-0.39, 0.29) is 0 Å². The van der Waals surface area contributed by atoms with Crippen LogP contribution in [0, 0.1) is 5.92 Å². The molecule has 1 N–H and O–H groups in total. The van der Waals surface area contributed by atoms with Crippen LogP contribution >= 0.6 is 11.8 Å². The van der Waals surface area contributed by atoms with Gasteiger partial charge < -0.3 is 14.8 Å². The molecule has 3 heterocycles. The Bertz CT molecular complexity index is 656. The third kappa shape index (κ3) is 2.62. The number of hydrogen-bond acceptors (Lipinski definition) is 5. The van der Waals surface area contributed by atoms with Crippen LogP contribution in [-0.4, -0.2) is 29.8 Å². The standard InChI is InChI=1S/C16H18N2O2S/c1-4-17-16(18-9-11-2-5-21-6-3-11)13-8-15-14(7-12(1)13)19-10-20-15/h1,4,7-8,11H,2-3,5-6,9-10H2,(H,17,18). The Morgan fingerprint density at radius 3 is 2.86 bits per heavy atom. The highest BCUT2D eigenvalue weighted by Gasteiger charge is 2.17. The molecule has 5 heteroatoms. The smallest absolute Gasteiger partial charge is 0.231 e. The number of aromatic nitrogens is 1. The lowest BCUT2D eigenvalue weighted by Gasteiger charge is -2.22. The first-order valence-electron chi connectivity index (χ1n) is 7.40. The molecule has 0 atom stereocenters. The van der Waals surface area contributed by atoms with Gasteiger partial charge in [0.1, 0.15) is 5.82 Å². The number of nitrogens with one attached hydrogen (secondary N) is 1. The van der Waals surface area contributed by atoms with Gasteiger partial charge in [-0.3, -0.25) is 0 Å². The van der Waals surface area contributed by atoms with E-state index < -0.39 is 0 Å². The summed E-state index contributed by atoms with van der Waals surface area (Å²) in [7, 11) is 0. The van der Waals surface area contributed by atoms with Crippen molar-refractivity contribution in [1.29, 1.82) is 0 Å². The van der Waals surface area contributed by atoms with Gasteiger partial charge in [-0.05, 0) is 53.9 Å². The van der Waals surface area contributed by atoms with Gasteiger partial charge in [-0.25, -0.2) is 4.98 Å². The van der Waals surface area contributed by atoms with Gasteiger partial charge in [-0.15, -0.1) is 0 Å². The first-order chi connectivity index (χ1) is 10.4. The molecule has 1 aromatic heterocycles. The zero-order valence-corrected chi connectivity index (χ0v) is 12.6. The number of ether oxygens (including phenoxy) is 2. The van der Waals surface area contributed by atoms with Crippen LogP contribution in [-0.2, 0) is 0 Å². The minimum Gasteiger partial charge on any atom is -0.454 e. The van der Waals surface area contributed by atoms with E-state index in [1.807, 2.05) is 24.4 Å². The molecule has 0 bridgehead atoms. The molecule has 2 aromatic rings. The van der Waals surface area contributed by atoms with Crippen molar-refractivity contribution in [2.24, 2.45) is 5.92 Å². The molecule has 0 aliphatic carbocycles. The Hall–Kier alpha value is -1.62. The van der Waals surface area contributed by atoms with Crippen molar-refractivity contribution in [2.45, 2.75) is 12.8 Å². The van der Waals surface area contributed by atoms with Crippen molar-refractivity contribution in [3.63, 3.8) is 0 Å². The highest BCUT2D eigenvalue weighted by molar-refractivity contribution is 7.99. The van der Waals surface area contributed by atoms with E-state index in [9.17, 15) is 0 Å². The number of benzene rings is 1. The molecule has 0 saturated carbocycles. The van der Waals surface area contributed by atoms with Crippen LogP contribution in [0.1, 0.15) is 12.8 Å². The first kappa shape index (κ1) is 13.1. The fourth-order valence-corrected chi connectivity index (χ4v) is 4.10. The summed E-state index contributed by atoms with van der Waals surface area (Å²) in [5, 5.41) is 5.77. The maximum atomic E-state index is 5.48. The summed E-state index contributed by atoms with van der Waals surface area (Å²) in [6.45, 7) is 1.31. The number of pyridine rings is 1. The van der Waals surface area contributed by atoms with Crippen molar-refractivity contribution >= 4 is 28.4 Å². The van der Waals surface area contributed by atoms with Crippen molar-refractivity contribution in [3.05, 3.63) is 24.4 Å². The summed E-state index contributed by atoms with van der Waals surface area (Å²) in [4.78, 5) is 4.50. The Kier molecular flexibility index (Phi) is 3.51. The fourth-order valence-electron chi connectivity index (χ4n) is 2.89. The molecule has 0 spiro atoms. The van der Waals surface area contributed by atoms with E-state index in [0.29, 0.717) is 6.79 Å². The Morgan fingerprint density at radius 1 is 1.19 bits per heavy atom. The number of nitrogens with zero attached hydrogens (tertiary/aromatic N) is 1. The minimum absolute atomic E-state index is 0.307. The normalized spacial score (nSPS) is 18.1. The summed E-state index contributed by atoms with van der Waals surface area (Å²) in [5.41, 5.74) is 0. The first-order valence-corrected chi connectivity index (χ1v) is 8.55. The molecular formula is C16H18N2O2S. The van der Waals surface area contributed by atoms with Crippen LogP contribution in [0.15, 0.2) is 24.4 Å². The van der Waals surface area contributed by atoms with Gasteiger partial charge in [0.05, 0.1) is 0 Å². The molecule has 1 saturated heterocycles. The molecule has 0 radical (unpaired) electrons. The lowest BCUT2D eigenvalue weighted by molar-refractivity contribution is 0.174. The molecule has 1 aromatic carbocycles. The largest absolute Gasteiger partial charge is 0.454 e. The van der Waals surface area contributed by atoms with Gasteiger partial charge in [-0.2, -0.15) is 11.8 Å². The zero-order chi connectivity index (χ0) is 14.1. The number of rotatable bonds is 3. The summed E-state index contributed by atoms with van der Waals surface area (Å²) in [6, 6.07) is 6.07. The summed E-state index contributed by atoms with van der Waals surface area (Å²) >= 11 is 2.06. The summed E-state index contributed by atoms with van der Waals surface area (Å²) in [5.74, 6) is 5.92. The monoisotopic (exact) mass is 302 g/mol. The quantitative estimate of drug-likeness (QED) is 0.939. The van der Waals surface area contributed by atoms with Gasteiger partial charge in [0.15, 0.2) is 11.5 Å². The predicted octanol–water partition coefficient (Wildman–Crippen LogP) is 3.52. The van der Waals surface area contributed by atoms with E-state index in [1.54, 1.807) is 0 Å². The molecule has 0 unspecified atom stereocenters. The summed E-state index contributed by atoms with van der Waals surface area (Å²) in [6.07, 6.45) is 4.45. The molecule has 2 aliphatic rings. The van der Waals surface area contributed by atoms with Crippen molar-refractivity contribution in [2.75, 3.05) is 30.2 Å². The third-order valence-electron chi connectivity index (χ3n) is 4.16. The van der Waals surface area contributed by atoms with Gasteiger partial charge in [0.25, 0.3) is 0 Å². The van der Waals surface area contributed by atoms with E-state index in [2.05, 4.69) is 22.1 Å². The zero-order valence-electron chi connectivity index (χ0n) is 11.8. The Labute approximate surface area is 128 Å². The lowest BCUT2D eigenvalue weighted by Crippen LogP contribution is -2.19. The molecular weight excluding hydrogens is 284 g/mol. The Morgan fingerprint density at radius 2 is 2.00 bits per heavy atom. The summed E-state index contributed by atoms with van der Waals surface area (Å²) < 4.78 is 10.9. The third-order valence-corrected chi connectivity index (χ3v) is 5.21. The maximum Gasteiger partial charge on any atom is 0.231 e. The Balaban J connectivity index is 1.59. The van der Waals surface area contributed by atoms with E-state index in [1.165, 1.54) is 24.3 Å². The van der Waals surface area contributed by atoms with Crippen LogP contribution in [0.5, 0.6) is 11.5 Å². The van der Waals surface area contributed by atoms with Gasteiger partial charge in [0.2, 0.25) is 6.79 Å². The maximum absolute atomic E-state index is 5.48. The lowest BCUT2D eigenvalue weighted by atomic mass is 10.0. The second-order valence-electron chi connectivity index (χ2n) is 5.52. The number of anilines is 1. The van der Waals surface area contributed by atoms with Crippen LogP contribution < -0.4 is 14.8 Å². The average molecular weight is 302 g/mol. The molecule has 0 amide bonds. The average Bonchev–Trinajstić information content (AvgIpc) is 2.99. The minimum atomic E-state index is 0.307. The van der Waals surface area contributed by atoms with E-state index in [0.717, 1.165) is 40.6 Å². The number of fused-ring (bicyclic) bond motifs is 2. The highest BCUT2D eigenvalue weighted by Crippen LogP contribution is 2.37. The molecule has 1 fully saturated rings. The molecule has 4 rings (SSSR count). The molecule has 21 heavy (non-hydrogen) atoms. The van der Waals surface area contributed by atoms with Gasteiger partial charge in [0, 0.05) is 18.1 Å². The van der Waals surface area contributed by atoms with Crippen LogP contribution in [0.25, 0.3) is 10.8 Å². The van der Waals surface area contributed by atoms with Crippen LogP contribution in [0.4, 0.5) is 5.82 Å². The number of thioether (sulfide) groups is 1. The van der Waals surface area contributed by atoms with Crippen LogP contribution in [0.2, 0.25) is 0 Å². The molecule has 2 aliphatic heterocycles. The van der Waals surface area contributed by atoms with Crippen molar-refractivity contribution < 1.29 is 9.47 Å². The second-order valence-corrected chi connectivity index (χ2v) is 6.75. The van der Waals surface area contributed by atoms with Crippen molar-refractivity contribution in [3.8, 4) is 11.5 Å². The topological polar surface area (TPSA) is 43.4 Å². The second kappa shape index (κ2) is 5.64. The number of hydrogen-bond donors (Lipinski definition) is 1. The van der Waals surface area contributed by atoms with Gasteiger partial charge in [-0.1, -0.05) is 0 Å².